The Labute approximate surface area is 211 Å². The van der Waals surface area contributed by atoms with Crippen molar-refractivity contribution in [2.24, 2.45) is 5.10 Å². The number of fused-ring (bicyclic) bond motifs is 1. The SMILES string of the molecule is Cc1nc2ccc(NC3=NNC(C(=O)NC4CCOCC4)C(=O)N3Cc3ccc(Cl)cc3)cc2s1. The zero-order valence-electron chi connectivity index (χ0n) is 19.1. The largest absolute Gasteiger partial charge is 0.381 e. The predicted molar refractivity (Wildman–Crippen MR) is 136 cm³/mol. The normalized spacial score (nSPS) is 18.8. The highest BCUT2D eigenvalue weighted by Crippen LogP contribution is 2.25. The number of nitrogens with one attached hydrogen (secondary N) is 3. The van der Waals surface area contributed by atoms with E-state index in [1.165, 1.54) is 4.90 Å². The maximum absolute atomic E-state index is 13.5. The van der Waals surface area contributed by atoms with Crippen LogP contribution in [0.5, 0.6) is 0 Å². The van der Waals surface area contributed by atoms with Gasteiger partial charge in [-0.05, 0) is 55.7 Å². The van der Waals surface area contributed by atoms with Crippen LogP contribution in [-0.4, -0.2) is 53.0 Å². The van der Waals surface area contributed by atoms with Crippen molar-refractivity contribution in [3.63, 3.8) is 0 Å². The van der Waals surface area contributed by atoms with Crippen molar-refractivity contribution in [2.45, 2.75) is 38.4 Å². The molecule has 3 aromatic rings. The summed E-state index contributed by atoms with van der Waals surface area (Å²) in [6.07, 6.45) is 1.44. The van der Waals surface area contributed by atoms with E-state index in [1.807, 2.05) is 37.3 Å². The van der Waals surface area contributed by atoms with Gasteiger partial charge in [0.2, 0.25) is 12.0 Å². The molecule has 0 radical (unpaired) electrons. The van der Waals surface area contributed by atoms with Gasteiger partial charge in [-0.1, -0.05) is 23.7 Å². The molecule has 35 heavy (non-hydrogen) atoms. The molecule has 1 fully saturated rings. The topological polar surface area (TPSA) is 108 Å². The highest BCUT2D eigenvalue weighted by molar-refractivity contribution is 7.18. The van der Waals surface area contributed by atoms with E-state index < -0.39 is 17.9 Å². The Morgan fingerprint density at radius 3 is 2.77 bits per heavy atom. The lowest BCUT2D eigenvalue weighted by atomic mass is 10.1. The minimum atomic E-state index is -1.12. The van der Waals surface area contributed by atoms with E-state index in [0.29, 0.717) is 24.2 Å². The molecule has 3 heterocycles. The van der Waals surface area contributed by atoms with Crippen molar-refractivity contribution in [1.29, 1.82) is 0 Å². The number of rotatable bonds is 5. The van der Waals surface area contributed by atoms with Crippen molar-refractivity contribution in [2.75, 3.05) is 18.5 Å². The molecule has 0 saturated carbocycles. The van der Waals surface area contributed by atoms with Gasteiger partial charge in [-0.3, -0.25) is 19.9 Å². The molecule has 2 aromatic carbocycles. The lowest BCUT2D eigenvalue weighted by molar-refractivity contribution is -0.138. The summed E-state index contributed by atoms with van der Waals surface area (Å²) in [5, 5.41) is 12.2. The first-order chi connectivity index (χ1) is 17.0. The Morgan fingerprint density at radius 2 is 2.00 bits per heavy atom. The molecule has 0 spiro atoms. The summed E-state index contributed by atoms with van der Waals surface area (Å²) in [6.45, 7) is 3.38. The molecule has 0 aliphatic carbocycles. The summed E-state index contributed by atoms with van der Waals surface area (Å²) in [5.41, 5.74) is 5.29. The van der Waals surface area contributed by atoms with Gasteiger partial charge < -0.3 is 15.4 Å². The predicted octanol–water partition coefficient (Wildman–Crippen LogP) is 3.24. The number of guanidine groups is 1. The van der Waals surface area contributed by atoms with Crippen LogP contribution in [0.4, 0.5) is 5.69 Å². The van der Waals surface area contributed by atoms with Crippen LogP contribution in [-0.2, 0) is 20.9 Å². The third-order valence-corrected chi connectivity index (χ3v) is 7.09. The molecule has 3 N–H and O–H groups in total. The molecule has 182 valence electrons. The van der Waals surface area contributed by atoms with Crippen molar-refractivity contribution in [3.8, 4) is 0 Å². The first-order valence-corrected chi connectivity index (χ1v) is 12.6. The van der Waals surface area contributed by atoms with Crippen molar-refractivity contribution >= 4 is 56.6 Å². The number of hydrogen-bond acceptors (Lipinski definition) is 8. The number of halogens is 1. The summed E-state index contributed by atoms with van der Waals surface area (Å²) in [6, 6.07) is 11.9. The first-order valence-electron chi connectivity index (χ1n) is 11.4. The van der Waals surface area contributed by atoms with E-state index >= 15 is 0 Å². The summed E-state index contributed by atoms with van der Waals surface area (Å²) in [5.74, 6) is -0.482. The van der Waals surface area contributed by atoms with Gasteiger partial charge in [-0.25, -0.2) is 4.98 Å². The number of nitrogens with zero attached hydrogens (tertiary/aromatic N) is 3. The molecular weight excluding hydrogens is 488 g/mol. The van der Waals surface area contributed by atoms with Gasteiger partial charge >= 0.3 is 0 Å². The Balaban J connectivity index is 1.39. The summed E-state index contributed by atoms with van der Waals surface area (Å²) in [7, 11) is 0. The molecule has 1 unspecified atom stereocenters. The Hall–Kier alpha value is -3.21. The Bertz CT molecular complexity index is 1270. The number of benzene rings is 2. The molecule has 2 aliphatic heterocycles. The number of hydrazone groups is 1. The minimum Gasteiger partial charge on any atom is -0.381 e. The molecule has 1 aromatic heterocycles. The van der Waals surface area contributed by atoms with Crippen LogP contribution in [0.2, 0.25) is 5.02 Å². The summed E-state index contributed by atoms with van der Waals surface area (Å²) in [4.78, 5) is 32.4. The summed E-state index contributed by atoms with van der Waals surface area (Å²) < 4.78 is 6.38. The van der Waals surface area contributed by atoms with Gasteiger partial charge in [-0.15, -0.1) is 16.4 Å². The maximum Gasteiger partial charge on any atom is 0.263 e. The molecule has 2 amide bonds. The van der Waals surface area contributed by atoms with Gasteiger partial charge in [-0.2, -0.15) is 0 Å². The van der Waals surface area contributed by atoms with E-state index in [0.717, 1.165) is 39.3 Å². The van der Waals surface area contributed by atoms with Crippen molar-refractivity contribution in [1.82, 2.24) is 20.6 Å². The van der Waals surface area contributed by atoms with Gasteiger partial charge in [0.25, 0.3) is 11.8 Å². The number of aromatic nitrogens is 1. The van der Waals surface area contributed by atoms with Crippen LogP contribution in [0.25, 0.3) is 10.2 Å². The number of ether oxygens (including phenoxy) is 1. The number of carbonyl (C=O) groups is 2. The maximum atomic E-state index is 13.5. The van der Waals surface area contributed by atoms with Gasteiger partial charge in [0.15, 0.2) is 0 Å². The third kappa shape index (κ3) is 5.39. The van der Waals surface area contributed by atoms with Crippen molar-refractivity contribution in [3.05, 3.63) is 58.1 Å². The number of anilines is 1. The zero-order valence-corrected chi connectivity index (χ0v) is 20.7. The van der Waals surface area contributed by atoms with Gasteiger partial charge in [0.05, 0.1) is 21.8 Å². The fourth-order valence-corrected chi connectivity index (χ4v) is 5.06. The second kappa shape index (κ2) is 10.2. The molecular formula is C24H25ClN6O3S. The van der Waals surface area contributed by atoms with Crippen LogP contribution in [0, 0.1) is 6.92 Å². The molecule has 5 rings (SSSR count). The molecule has 11 heteroatoms. The van der Waals surface area contributed by atoms with Crippen LogP contribution in [0.1, 0.15) is 23.4 Å². The van der Waals surface area contributed by atoms with Crippen molar-refractivity contribution < 1.29 is 14.3 Å². The van der Waals surface area contributed by atoms with E-state index in [9.17, 15) is 9.59 Å². The van der Waals surface area contributed by atoms with Crippen LogP contribution in [0.15, 0.2) is 47.6 Å². The standard InChI is InChI=1S/C24H25ClN6O3S/c1-14-26-19-7-6-18(12-20(19)35-14)28-24-30-29-21(22(32)27-17-8-10-34-11-9-17)23(33)31(24)13-15-2-4-16(25)5-3-15/h2-7,12,17,21,29H,8-11,13H2,1H3,(H,27,32)(H,28,30). The minimum absolute atomic E-state index is 0.0198. The van der Waals surface area contributed by atoms with Gasteiger partial charge in [0.1, 0.15) is 0 Å². The van der Waals surface area contributed by atoms with Crippen LogP contribution in [0.3, 0.4) is 0 Å². The first kappa shape index (κ1) is 23.5. The quantitative estimate of drug-likeness (QED) is 0.453. The summed E-state index contributed by atoms with van der Waals surface area (Å²) >= 11 is 7.63. The van der Waals surface area contributed by atoms with E-state index in [4.69, 9.17) is 16.3 Å². The number of carbonyl (C=O) groups excluding carboxylic acids is 2. The van der Waals surface area contributed by atoms with Crippen LogP contribution < -0.4 is 16.1 Å². The zero-order chi connectivity index (χ0) is 24.4. The second-order valence-corrected chi connectivity index (χ2v) is 10.2. The average molecular weight is 513 g/mol. The van der Waals surface area contributed by atoms with Gasteiger partial charge in [0, 0.05) is 30.0 Å². The number of hydrogen-bond donors (Lipinski definition) is 3. The lowest BCUT2D eigenvalue weighted by Gasteiger charge is -2.33. The van der Waals surface area contributed by atoms with E-state index in [2.05, 4.69) is 26.1 Å². The fraction of sp³-hybridized carbons (Fsp3) is 0.333. The molecule has 0 bridgehead atoms. The molecule has 2 aliphatic rings. The van der Waals surface area contributed by atoms with E-state index in [-0.39, 0.29) is 12.6 Å². The van der Waals surface area contributed by atoms with E-state index in [1.54, 1.807) is 23.5 Å². The fourth-order valence-electron chi connectivity index (χ4n) is 4.07. The van der Waals surface area contributed by atoms with Crippen LogP contribution >= 0.6 is 22.9 Å². The highest BCUT2D eigenvalue weighted by Gasteiger charge is 2.37. The molecule has 9 nitrogen and oxygen atoms in total. The molecule has 1 saturated heterocycles. The smallest absolute Gasteiger partial charge is 0.263 e. The molecule has 1 atom stereocenters. The Morgan fingerprint density at radius 1 is 1.23 bits per heavy atom. The third-order valence-electron chi connectivity index (χ3n) is 5.90. The number of thiazole rings is 1. The Kier molecular flexibility index (Phi) is 6.85. The average Bonchev–Trinajstić information content (AvgIpc) is 3.22. The monoisotopic (exact) mass is 512 g/mol. The number of aryl methyl sites for hydroxylation is 1. The lowest BCUT2D eigenvalue weighted by Crippen LogP contribution is -2.60. The highest BCUT2D eigenvalue weighted by atomic mass is 35.5. The second-order valence-electron chi connectivity index (χ2n) is 8.48. The number of amides is 2.